The van der Waals surface area contributed by atoms with Crippen LogP contribution in [0, 0.1) is 0 Å². The molecule has 118 valence electrons. The van der Waals surface area contributed by atoms with Crippen LogP contribution in [-0.4, -0.2) is 40.0 Å². The van der Waals surface area contributed by atoms with Crippen LogP contribution in [0.1, 0.15) is 32.4 Å². The fourth-order valence-corrected chi connectivity index (χ4v) is 2.37. The number of amides is 1. The molecule has 1 aromatic carbocycles. The maximum Gasteiger partial charge on any atom is 0.234 e. The topological polar surface area (TPSA) is 50.2 Å². The van der Waals surface area contributed by atoms with Gasteiger partial charge in [0, 0.05) is 18.1 Å². The first-order valence-corrected chi connectivity index (χ1v) is 7.74. The van der Waals surface area contributed by atoms with Gasteiger partial charge in [-0.25, -0.2) is 4.98 Å². The molecule has 2 aromatic rings. The highest BCUT2D eigenvalue weighted by molar-refractivity contribution is 5.78. The third-order valence-corrected chi connectivity index (χ3v) is 3.83. The second-order valence-corrected chi connectivity index (χ2v) is 5.31. The van der Waals surface area contributed by atoms with Gasteiger partial charge >= 0.3 is 0 Å². The number of hydrogen-bond donors (Lipinski definition) is 1. The summed E-state index contributed by atoms with van der Waals surface area (Å²) in [7, 11) is 0. The summed E-state index contributed by atoms with van der Waals surface area (Å²) in [5.41, 5.74) is 2.15. The van der Waals surface area contributed by atoms with Gasteiger partial charge in [-0.3, -0.25) is 9.69 Å². The summed E-state index contributed by atoms with van der Waals surface area (Å²) in [4.78, 5) is 18.2. The smallest absolute Gasteiger partial charge is 0.234 e. The predicted molar refractivity (Wildman–Crippen MR) is 87.9 cm³/mol. The summed E-state index contributed by atoms with van der Waals surface area (Å²) < 4.78 is 1.95. The van der Waals surface area contributed by atoms with Gasteiger partial charge < -0.3 is 9.88 Å². The molecule has 0 saturated carbocycles. The molecule has 0 aliphatic heterocycles. The molecule has 1 heterocycles. The highest BCUT2D eigenvalue weighted by atomic mass is 16.2. The highest BCUT2D eigenvalue weighted by Gasteiger charge is 2.12. The third-order valence-electron chi connectivity index (χ3n) is 3.83. The quantitative estimate of drug-likeness (QED) is 0.854. The minimum atomic E-state index is -0.0000931. The van der Waals surface area contributed by atoms with Crippen molar-refractivity contribution in [2.75, 3.05) is 19.6 Å². The Hall–Kier alpha value is -2.14. The van der Waals surface area contributed by atoms with Crippen LogP contribution < -0.4 is 5.32 Å². The van der Waals surface area contributed by atoms with Gasteiger partial charge in [-0.05, 0) is 37.7 Å². The van der Waals surface area contributed by atoms with Crippen molar-refractivity contribution in [3.05, 3.63) is 48.5 Å². The minimum absolute atomic E-state index is 0.0000931. The maximum absolute atomic E-state index is 12.0. The summed E-state index contributed by atoms with van der Waals surface area (Å²) in [5.74, 6) is 0.0647. The lowest BCUT2D eigenvalue weighted by atomic mass is 10.1. The van der Waals surface area contributed by atoms with Gasteiger partial charge in [0.25, 0.3) is 0 Å². The second-order valence-electron chi connectivity index (χ2n) is 5.31. The van der Waals surface area contributed by atoms with Crippen LogP contribution in [0.15, 0.2) is 43.0 Å². The van der Waals surface area contributed by atoms with E-state index in [0.29, 0.717) is 6.54 Å². The molecule has 0 aliphatic carbocycles. The van der Waals surface area contributed by atoms with Gasteiger partial charge in [0.1, 0.15) is 0 Å². The molecule has 1 N–H and O–H groups in total. The Morgan fingerprint density at radius 2 is 1.95 bits per heavy atom. The molecule has 5 nitrogen and oxygen atoms in total. The molecule has 0 aliphatic rings. The number of carbonyl (C=O) groups excluding carboxylic acids is 1. The van der Waals surface area contributed by atoms with Gasteiger partial charge in [0.05, 0.1) is 18.9 Å². The average Bonchev–Trinajstić information content (AvgIpc) is 3.07. The van der Waals surface area contributed by atoms with Gasteiger partial charge in [-0.15, -0.1) is 0 Å². The molecule has 1 aromatic heterocycles. The zero-order valence-corrected chi connectivity index (χ0v) is 13.5. The van der Waals surface area contributed by atoms with E-state index in [-0.39, 0.29) is 11.9 Å². The molecule has 0 radical (unpaired) electrons. The molecular formula is C17H24N4O. The van der Waals surface area contributed by atoms with Crippen molar-refractivity contribution in [1.29, 1.82) is 0 Å². The van der Waals surface area contributed by atoms with Crippen molar-refractivity contribution in [1.82, 2.24) is 19.8 Å². The highest BCUT2D eigenvalue weighted by Crippen LogP contribution is 2.15. The van der Waals surface area contributed by atoms with E-state index < -0.39 is 0 Å². The number of imidazole rings is 1. The first kappa shape index (κ1) is 16.2. The SMILES string of the molecule is CCN(CC)CC(=O)N[C@H](C)c1ccc(-n2ccnc2)cc1. The lowest BCUT2D eigenvalue weighted by Crippen LogP contribution is -2.38. The molecule has 2 rings (SSSR count). The Balaban J connectivity index is 1.95. The van der Waals surface area contributed by atoms with Crippen molar-refractivity contribution in [3.63, 3.8) is 0 Å². The molecule has 1 atom stereocenters. The molecule has 0 fully saturated rings. The number of hydrogen-bond acceptors (Lipinski definition) is 3. The van der Waals surface area contributed by atoms with E-state index in [2.05, 4.69) is 29.0 Å². The minimum Gasteiger partial charge on any atom is -0.348 e. The van der Waals surface area contributed by atoms with Crippen molar-refractivity contribution in [2.45, 2.75) is 26.8 Å². The van der Waals surface area contributed by atoms with E-state index >= 15 is 0 Å². The van der Waals surface area contributed by atoms with Crippen molar-refractivity contribution < 1.29 is 4.79 Å². The monoisotopic (exact) mass is 300 g/mol. The van der Waals surface area contributed by atoms with Gasteiger partial charge in [-0.2, -0.15) is 0 Å². The molecule has 1 amide bonds. The van der Waals surface area contributed by atoms with Gasteiger partial charge in [0.15, 0.2) is 0 Å². The van der Waals surface area contributed by atoms with Gasteiger partial charge in [-0.1, -0.05) is 26.0 Å². The fraction of sp³-hybridized carbons (Fsp3) is 0.412. The van der Waals surface area contributed by atoms with Crippen LogP contribution in [-0.2, 0) is 4.79 Å². The Bertz CT molecular complexity index is 573. The zero-order chi connectivity index (χ0) is 15.9. The molecule has 0 bridgehead atoms. The van der Waals surface area contributed by atoms with Crippen LogP contribution in [0.5, 0.6) is 0 Å². The van der Waals surface area contributed by atoms with E-state index in [0.717, 1.165) is 24.3 Å². The number of likely N-dealkylation sites (N-methyl/N-ethyl adjacent to an activating group) is 1. The Morgan fingerprint density at radius 3 is 2.50 bits per heavy atom. The van der Waals surface area contributed by atoms with Crippen LogP contribution in [0.3, 0.4) is 0 Å². The van der Waals surface area contributed by atoms with Crippen molar-refractivity contribution >= 4 is 5.91 Å². The van der Waals surface area contributed by atoms with E-state index in [1.54, 1.807) is 12.5 Å². The van der Waals surface area contributed by atoms with Crippen molar-refractivity contribution in [2.24, 2.45) is 0 Å². The van der Waals surface area contributed by atoms with Crippen LogP contribution in [0.2, 0.25) is 0 Å². The summed E-state index contributed by atoms with van der Waals surface area (Å²) in [6.45, 7) is 8.36. The largest absolute Gasteiger partial charge is 0.348 e. The van der Waals surface area contributed by atoms with Crippen molar-refractivity contribution in [3.8, 4) is 5.69 Å². The first-order chi connectivity index (χ1) is 10.6. The zero-order valence-electron chi connectivity index (χ0n) is 13.5. The van der Waals surface area contributed by atoms with E-state index in [1.807, 2.05) is 42.0 Å². The summed E-state index contributed by atoms with van der Waals surface area (Å²) in [5, 5.41) is 3.05. The molecular weight excluding hydrogens is 276 g/mol. The van der Waals surface area contributed by atoms with Crippen LogP contribution >= 0.6 is 0 Å². The average molecular weight is 300 g/mol. The van der Waals surface area contributed by atoms with E-state index in [9.17, 15) is 4.79 Å². The lowest BCUT2D eigenvalue weighted by Gasteiger charge is -2.20. The number of rotatable bonds is 7. The second kappa shape index (κ2) is 7.75. The number of benzene rings is 1. The Morgan fingerprint density at radius 1 is 1.27 bits per heavy atom. The van der Waals surface area contributed by atoms with E-state index in [4.69, 9.17) is 0 Å². The predicted octanol–water partition coefficient (Wildman–Crippen LogP) is 2.39. The lowest BCUT2D eigenvalue weighted by molar-refractivity contribution is -0.122. The first-order valence-electron chi connectivity index (χ1n) is 7.74. The number of nitrogens with zero attached hydrogens (tertiary/aromatic N) is 3. The molecule has 0 unspecified atom stereocenters. The molecule has 0 saturated heterocycles. The van der Waals surface area contributed by atoms with Crippen LogP contribution in [0.4, 0.5) is 0 Å². The molecule has 0 spiro atoms. The fourth-order valence-electron chi connectivity index (χ4n) is 2.37. The molecule has 22 heavy (non-hydrogen) atoms. The van der Waals surface area contributed by atoms with E-state index in [1.165, 1.54) is 0 Å². The Labute approximate surface area is 132 Å². The number of aromatic nitrogens is 2. The summed E-state index contributed by atoms with van der Waals surface area (Å²) in [6, 6.07) is 8.14. The molecule has 5 heteroatoms. The summed E-state index contributed by atoms with van der Waals surface area (Å²) in [6.07, 6.45) is 5.43. The maximum atomic E-state index is 12.0. The van der Waals surface area contributed by atoms with Crippen LogP contribution in [0.25, 0.3) is 5.69 Å². The normalized spacial score (nSPS) is 12.4. The van der Waals surface area contributed by atoms with Gasteiger partial charge in [0.2, 0.25) is 5.91 Å². The third kappa shape index (κ3) is 4.18. The summed E-state index contributed by atoms with van der Waals surface area (Å²) >= 11 is 0. The Kier molecular flexibility index (Phi) is 5.72. The standard InChI is InChI=1S/C17H24N4O/c1-4-20(5-2)12-17(22)19-14(3)15-6-8-16(9-7-15)21-11-10-18-13-21/h6-11,13-14H,4-5,12H2,1-3H3,(H,19,22)/t14-/m1/s1. The number of nitrogens with one attached hydrogen (secondary N) is 1. The number of carbonyl (C=O) groups is 1.